The molecule has 3 nitrogen and oxygen atoms in total. The Balaban J connectivity index is 2.08. The molecule has 84 valence electrons. The summed E-state index contributed by atoms with van der Waals surface area (Å²) in [6, 6.07) is 6.56. The minimum Gasteiger partial charge on any atom is -0.307 e. The Morgan fingerprint density at radius 1 is 1.44 bits per heavy atom. The van der Waals surface area contributed by atoms with Gasteiger partial charge in [0.05, 0.1) is 6.54 Å². The third-order valence-electron chi connectivity index (χ3n) is 3.34. The third kappa shape index (κ3) is 1.57. The van der Waals surface area contributed by atoms with Crippen molar-refractivity contribution < 1.29 is 4.79 Å². The topological polar surface area (TPSA) is 32.3 Å². The second-order valence-corrected chi connectivity index (χ2v) is 5.28. The zero-order chi connectivity index (χ0) is 11.1. The fraction of sp³-hybridized carbons (Fsp3) is 0.417. The van der Waals surface area contributed by atoms with Gasteiger partial charge in [-0.3, -0.25) is 4.79 Å². The molecule has 0 aliphatic carbocycles. The average molecular weight is 281 g/mol. The molecule has 1 unspecified atom stereocenters. The zero-order valence-corrected chi connectivity index (χ0v) is 10.5. The highest BCUT2D eigenvalue weighted by atomic mass is 79.9. The van der Waals surface area contributed by atoms with Gasteiger partial charge in [0.1, 0.15) is 0 Å². The summed E-state index contributed by atoms with van der Waals surface area (Å²) in [6.07, 6.45) is 2.13. The van der Waals surface area contributed by atoms with Gasteiger partial charge in [-0.25, -0.2) is 0 Å². The number of fused-ring (bicyclic) bond motifs is 3. The number of halogens is 1. The maximum atomic E-state index is 12.0. The number of nitrogens with zero attached hydrogens (tertiary/aromatic N) is 1. The number of piperazine rings is 1. The van der Waals surface area contributed by atoms with Gasteiger partial charge in [-0.15, -0.1) is 0 Å². The molecule has 2 aliphatic rings. The molecule has 3 rings (SSSR count). The second kappa shape index (κ2) is 3.86. The molecule has 1 saturated heterocycles. The van der Waals surface area contributed by atoms with Crippen molar-refractivity contribution in [2.75, 3.05) is 18.0 Å². The van der Waals surface area contributed by atoms with E-state index in [9.17, 15) is 4.79 Å². The lowest BCUT2D eigenvalue weighted by atomic mass is 9.94. The minimum atomic E-state index is 0.190. The molecule has 2 heterocycles. The molecule has 1 fully saturated rings. The fourth-order valence-electron chi connectivity index (χ4n) is 2.58. The predicted octanol–water partition coefficient (Wildman–Crippen LogP) is 1.70. The molecule has 1 atom stereocenters. The Bertz CT molecular complexity index is 447. The lowest BCUT2D eigenvalue weighted by Crippen LogP contribution is -2.56. The number of nitrogens with one attached hydrogen (secondary N) is 1. The maximum Gasteiger partial charge on any atom is 0.241 e. The van der Waals surface area contributed by atoms with Gasteiger partial charge >= 0.3 is 0 Å². The van der Waals surface area contributed by atoms with Gasteiger partial charge in [-0.05, 0) is 30.5 Å². The van der Waals surface area contributed by atoms with Crippen LogP contribution in [0.15, 0.2) is 22.7 Å². The van der Waals surface area contributed by atoms with E-state index in [-0.39, 0.29) is 5.91 Å². The van der Waals surface area contributed by atoms with E-state index in [2.05, 4.69) is 33.4 Å². The number of amides is 1. The summed E-state index contributed by atoms with van der Waals surface area (Å²) in [5.74, 6) is 0.190. The van der Waals surface area contributed by atoms with E-state index >= 15 is 0 Å². The van der Waals surface area contributed by atoms with E-state index in [4.69, 9.17) is 0 Å². The smallest absolute Gasteiger partial charge is 0.241 e. The molecule has 0 bridgehead atoms. The van der Waals surface area contributed by atoms with Crippen LogP contribution in [0, 0.1) is 0 Å². The van der Waals surface area contributed by atoms with Crippen molar-refractivity contribution in [2.24, 2.45) is 0 Å². The molecule has 1 amide bonds. The Morgan fingerprint density at radius 3 is 3.19 bits per heavy atom. The number of anilines is 1. The first-order valence-electron chi connectivity index (χ1n) is 5.57. The van der Waals surface area contributed by atoms with Crippen LogP contribution in [0.25, 0.3) is 0 Å². The van der Waals surface area contributed by atoms with Crippen LogP contribution in [0.4, 0.5) is 5.69 Å². The molecule has 0 radical (unpaired) electrons. The second-order valence-electron chi connectivity index (χ2n) is 4.36. The maximum absolute atomic E-state index is 12.0. The van der Waals surface area contributed by atoms with Crippen molar-refractivity contribution in [3.63, 3.8) is 0 Å². The van der Waals surface area contributed by atoms with Gasteiger partial charge in [-0.1, -0.05) is 22.0 Å². The number of benzene rings is 1. The van der Waals surface area contributed by atoms with E-state index in [0.717, 1.165) is 29.5 Å². The van der Waals surface area contributed by atoms with Crippen molar-refractivity contribution in [3.05, 3.63) is 28.2 Å². The Morgan fingerprint density at radius 2 is 2.31 bits per heavy atom. The summed E-state index contributed by atoms with van der Waals surface area (Å²) in [7, 11) is 0. The van der Waals surface area contributed by atoms with Crippen LogP contribution in [-0.4, -0.2) is 25.0 Å². The Hall–Kier alpha value is -0.870. The molecule has 1 aromatic rings. The summed E-state index contributed by atoms with van der Waals surface area (Å²) in [4.78, 5) is 13.9. The van der Waals surface area contributed by atoms with Crippen molar-refractivity contribution in [1.82, 2.24) is 5.32 Å². The quantitative estimate of drug-likeness (QED) is 0.785. The van der Waals surface area contributed by atoms with Crippen molar-refractivity contribution in [3.8, 4) is 0 Å². The molecule has 0 aromatic heterocycles. The number of hydrogen-bond donors (Lipinski definition) is 1. The summed E-state index contributed by atoms with van der Waals surface area (Å²) < 4.78 is 1.04. The normalized spacial score (nSPS) is 23.9. The minimum absolute atomic E-state index is 0.190. The molecule has 2 aliphatic heterocycles. The van der Waals surface area contributed by atoms with Crippen molar-refractivity contribution in [1.29, 1.82) is 0 Å². The van der Waals surface area contributed by atoms with Crippen LogP contribution in [0.1, 0.15) is 12.0 Å². The highest BCUT2D eigenvalue weighted by Crippen LogP contribution is 2.33. The largest absolute Gasteiger partial charge is 0.307 e. The van der Waals surface area contributed by atoms with Crippen LogP contribution in [0.2, 0.25) is 0 Å². The first kappa shape index (κ1) is 10.3. The molecule has 16 heavy (non-hydrogen) atoms. The molecule has 4 heteroatoms. The van der Waals surface area contributed by atoms with Gasteiger partial charge in [-0.2, -0.15) is 0 Å². The SMILES string of the molecule is O=C1CNCC2CCc3ccc(Br)cc3N12. The first-order chi connectivity index (χ1) is 7.75. The van der Waals surface area contributed by atoms with Crippen LogP contribution in [0.3, 0.4) is 0 Å². The highest BCUT2D eigenvalue weighted by molar-refractivity contribution is 9.10. The Labute approximate surface area is 103 Å². The molecule has 1 aromatic carbocycles. The summed E-state index contributed by atoms with van der Waals surface area (Å²) in [5.41, 5.74) is 2.38. The highest BCUT2D eigenvalue weighted by Gasteiger charge is 2.33. The monoisotopic (exact) mass is 280 g/mol. The van der Waals surface area contributed by atoms with E-state index < -0.39 is 0 Å². The van der Waals surface area contributed by atoms with Crippen LogP contribution >= 0.6 is 15.9 Å². The number of hydrogen-bond acceptors (Lipinski definition) is 2. The predicted molar refractivity (Wildman–Crippen MR) is 66.6 cm³/mol. The molecule has 0 saturated carbocycles. The standard InChI is InChI=1S/C12H13BrN2O/c13-9-3-1-8-2-4-10-6-14-7-12(16)15(10)11(8)5-9/h1,3,5,10,14H,2,4,6-7H2. The fourth-order valence-corrected chi connectivity index (χ4v) is 2.93. The van der Waals surface area contributed by atoms with Gasteiger partial charge in [0, 0.05) is 22.7 Å². The average Bonchev–Trinajstić information content (AvgIpc) is 2.28. The van der Waals surface area contributed by atoms with Crippen molar-refractivity contribution in [2.45, 2.75) is 18.9 Å². The summed E-state index contributed by atoms with van der Waals surface area (Å²) >= 11 is 3.47. The van der Waals surface area contributed by atoms with E-state index in [1.165, 1.54) is 5.56 Å². The third-order valence-corrected chi connectivity index (χ3v) is 3.84. The molecular formula is C12H13BrN2O. The molecule has 1 N–H and O–H groups in total. The van der Waals surface area contributed by atoms with Gasteiger partial charge in [0.25, 0.3) is 0 Å². The van der Waals surface area contributed by atoms with Crippen LogP contribution < -0.4 is 10.2 Å². The van der Waals surface area contributed by atoms with Gasteiger partial charge in [0.15, 0.2) is 0 Å². The molecule has 0 spiro atoms. The number of rotatable bonds is 0. The van der Waals surface area contributed by atoms with Crippen LogP contribution in [-0.2, 0) is 11.2 Å². The van der Waals surface area contributed by atoms with Gasteiger partial charge in [0.2, 0.25) is 5.91 Å². The summed E-state index contributed by atoms with van der Waals surface area (Å²) in [5, 5.41) is 3.18. The van der Waals surface area contributed by atoms with Gasteiger partial charge < -0.3 is 10.2 Å². The zero-order valence-electron chi connectivity index (χ0n) is 8.87. The lowest BCUT2D eigenvalue weighted by molar-refractivity contribution is -0.119. The Kier molecular flexibility index (Phi) is 2.48. The van der Waals surface area contributed by atoms with E-state index in [1.807, 2.05) is 11.0 Å². The summed E-state index contributed by atoms with van der Waals surface area (Å²) in [6.45, 7) is 1.38. The van der Waals surface area contributed by atoms with Crippen LogP contribution in [0.5, 0.6) is 0 Å². The lowest BCUT2D eigenvalue weighted by Gasteiger charge is -2.40. The van der Waals surface area contributed by atoms with E-state index in [1.54, 1.807) is 0 Å². The van der Waals surface area contributed by atoms with Crippen molar-refractivity contribution >= 4 is 27.5 Å². The van der Waals surface area contributed by atoms with E-state index in [0.29, 0.717) is 12.6 Å². The number of aryl methyl sites for hydroxylation is 1. The number of carbonyl (C=O) groups excluding carboxylic acids is 1. The molecular weight excluding hydrogens is 268 g/mol. The number of carbonyl (C=O) groups is 1. The first-order valence-corrected chi connectivity index (χ1v) is 6.36.